The molecule has 5 heterocycles. The van der Waals surface area contributed by atoms with Gasteiger partial charge in [-0.15, -0.1) is 0 Å². The Labute approximate surface area is 350 Å². The molecule has 4 aliphatic heterocycles. The number of nitrogens with one attached hydrogen (secondary N) is 2. The number of aromatic amines is 1. The van der Waals surface area contributed by atoms with Gasteiger partial charge >= 0.3 is 0 Å². The van der Waals surface area contributed by atoms with Gasteiger partial charge in [-0.25, -0.2) is 0 Å². The number of carbonyl (C=O) groups is 3. The van der Waals surface area contributed by atoms with E-state index in [2.05, 4.69) is 55.3 Å². The van der Waals surface area contributed by atoms with E-state index in [1.807, 2.05) is 67.7 Å². The Balaban J connectivity index is 0.000000231. The molecule has 0 radical (unpaired) electrons. The van der Waals surface area contributed by atoms with Crippen LogP contribution < -0.4 is 10.1 Å². The summed E-state index contributed by atoms with van der Waals surface area (Å²) in [5.74, 6) is 2.46. The van der Waals surface area contributed by atoms with Crippen LogP contribution in [0.25, 0.3) is 11.3 Å². The first-order chi connectivity index (χ1) is 28.8. The zero-order valence-corrected chi connectivity index (χ0v) is 35.1. The van der Waals surface area contributed by atoms with Gasteiger partial charge in [0, 0.05) is 38.2 Å². The molecular weight excluding hydrogens is 739 g/mol. The molecule has 8 rings (SSSR count). The number of aryl methyl sites for hydroxylation is 2. The minimum absolute atomic E-state index is 0.260. The molecule has 11 heteroatoms. The summed E-state index contributed by atoms with van der Waals surface area (Å²) in [5.41, 5.74) is 6.84. The fourth-order valence-electron chi connectivity index (χ4n) is 9.16. The Kier molecular flexibility index (Phi) is 15.0. The highest BCUT2D eigenvalue weighted by atomic mass is 16.5. The number of aromatic nitrogens is 2. The number of H-pyrrole nitrogens is 1. The van der Waals surface area contributed by atoms with Crippen molar-refractivity contribution in [1.29, 1.82) is 0 Å². The van der Waals surface area contributed by atoms with Crippen LogP contribution in [-0.4, -0.2) is 113 Å². The highest BCUT2D eigenvalue weighted by Crippen LogP contribution is 2.31. The van der Waals surface area contributed by atoms with E-state index in [1.54, 1.807) is 4.90 Å². The quantitative estimate of drug-likeness (QED) is 0.107. The average Bonchev–Trinajstić information content (AvgIpc) is 3.70. The average molecular weight is 802 g/mol. The number of hydrogen-bond donors (Lipinski definition) is 2. The van der Waals surface area contributed by atoms with Crippen LogP contribution in [0.1, 0.15) is 86.0 Å². The van der Waals surface area contributed by atoms with E-state index in [-0.39, 0.29) is 18.2 Å². The molecule has 0 aliphatic carbocycles. The van der Waals surface area contributed by atoms with E-state index in [1.165, 1.54) is 83.5 Å². The number of likely N-dealkylation sites (tertiary alicyclic amines) is 3. The van der Waals surface area contributed by atoms with Crippen molar-refractivity contribution in [2.24, 2.45) is 5.92 Å². The molecule has 1 atom stereocenters. The Morgan fingerprint density at radius 2 is 1.44 bits per heavy atom. The van der Waals surface area contributed by atoms with Gasteiger partial charge in [-0.05, 0) is 169 Å². The van der Waals surface area contributed by atoms with Gasteiger partial charge in [0.05, 0.1) is 11.9 Å². The number of para-hydroxylation sites is 1. The first-order valence-corrected chi connectivity index (χ1v) is 22.0. The van der Waals surface area contributed by atoms with Crippen molar-refractivity contribution in [3.05, 3.63) is 101 Å². The zero-order chi connectivity index (χ0) is 41.0. The van der Waals surface area contributed by atoms with Crippen LogP contribution in [0.15, 0.2) is 79.0 Å². The van der Waals surface area contributed by atoms with Crippen molar-refractivity contribution < 1.29 is 19.1 Å². The molecule has 3 aromatic carbocycles. The minimum atomic E-state index is -0.582. The van der Waals surface area contributed by atoms with Crippen molar-refractivity contribution in [2.45, 2.75) is 90.1 Å². The Hall–Kier alpha value is -4.84. The van der Waals surface area contributed by atoms with Crippen LogP contribution in [0.2, 0.25) is 0 Å². The number of piperidine rings is 4. The topological polar surface area (TPSA) is 114 Å². The van der Waals surface area contributed by atoms with E-state index in [9.17, 15) is 14.4 Å². The van der Waals surface area contributed by atoms with Crippen molar-refractivity contribution in [1.82, 2.24) is 35.1 Å². The maximum Gasteiger partial charge on any atom is 0.249 e. The number of carbonyl (C=O) groups excluding carboxylic acids is 3. The first kappa shape index (κ1) is 42.3. The van der Waals surface area contributed by atoms with Crippen LogP contribution in [0.4, 0.5) is 0 Å². The number of benzene rings is 3. The van der Waals surface area contributed by atoms with Crippen molar-refractivity contribution in [2.75, 3.05) is 58.9 Å². The van der Waals surface area contributed by atoms with Crippen molar-refractivity contribution in [3.63, 3.8) is 0 Å². The summed E-state index contributed by atoms with van der Waals surface area (Å²) in [6.07, 6.45) is 12.5. The van der Waals surface area contributed by atoms with Gasteiger partial charge < -0.3 is 24.3 Å². The second-order valence-electron chi connectivity index (χ2n) is 17.1. The van der Waals surface area contributed by atoms with E-state index in [0.29, 0.717) is 18.9 Å². The molecule has 0 spiro atoms. The first-order valence-electron chi connectivity index (χ1n) is 22.0. The number of amides is 3. The third-order valence-corrected chi connectivity index (χ3v) is 12.9. The maximum atomic E-state index is 12.3. The number of nitrogens with zero attached hydrogens (tertiary/aromatic N) is 5. The molecule has 4 saturated heterocycles. The normalized spacial score (nSPS) is 20.1. The fraction of sp³-hybridized carbons (Fsp3) is 0.500. The summed E-state index contributed by atoms with van der Waals surface area (Å²) in [6, 6.07) is 23.8. The predicted octanol–water partition coefficient (Wildman–Crippen LogP) is 7.31. The van der Waals surface area contributed by atoms with Gasteiger partial charge in [-0.1, -0.05) is 42.8 Å². The highest BCUT2D eigenvalue weighted by molar-refractivity contribution is 6.00. The van der Waals surface area contributed by atoms with Crippen LogP contribution in [0.5, 0.6) is 11.5 Å². The second kappa shape index (κ2) is 20.9. The summed E-state index contributed by atoms with van der Waals surface area (Å²) < 4.78 is 5.76. The van der Waals surface area contributed by atoms with E-state index < -0.39 is 6.04 Å². The molecule has 59 heavy (non-hydrogen) atoms. The summed E-state index contributed by atoms with van der Waals surface area (Å²) in [5, 5.41) is 9.40. The molecule has 1 aromatic heterocycles. The van der Waals surface area contributed by atoms with Crippen LogP contribution in [-0.2, 0) is 20.9 Å². The Morgan fingerprint density at radius 1 is 0.763 bits per heavy atom. The van der Waals surface area contributed by atoms with Crippen LogP contribution in [0, 0.1) is 19.8 Å². The monoisotopic (exact) mass is 801 g/mol. The van der Waals surface area contributed by atoms with Gasteiger partial charge in [0.25, 0.3) is 0 Å². The molecular formula is C48H63N7O4. The molecule has 0 bridgehead atoms. The van der Waals surface area contributed by atoms with Gasteiger partial charge in [-0.3, -0.25) is 24.8 Å². The van der Waals surface area contributed by atoms with Gasteiger partial charge in [-0.2, -0.15) is 5.10 Å². The lowest BCUT2D eigenvalue weighted by molar-refractivity contribution is -0.141. The maximum absolute atomic E-state index is 12.3. The van der Waals surface area contributed by atoms with E-state index >= 15 is 0 Å². The molecule has 4 aliphatic rings. The summed E-state index contributed by atoms with van der Waals surface area (Å²) >= 11 is 0. The van der Waals surface area contributed by atoms with Crippen molar-refractivity contribution >= 4 is 18.2 Å². The molecule has 314 valence electrons. The van der Waals surface area contributed by atoms with Gasteiger partial charge in [0.1, 0.15) is 17.5 Å². The fourth-order valence-corrected chi connectivity index (χ4v) is 9.16. The van der Waals surface area contributed by atoms with E-state index in [0.717, 1.165) is 77.7 Å². The summed E-state index contributed by atoms with van der Waals surface area (Å²) in [7, 11) is 0. The van der Waals surface area contributed by atoms with Gasteiger partial charge in [0.15, 0.2) is 0 Å². The number of hydrogen-bond acceptors (Lipinski definition) is 8. The molecule has 4 fully saturated rings. The van der Waals surface area contributed by atoms with Crippen molar-refractivity contribution in [3.8, 4) is 22.8 Å². The standard InChI is InChI=1S/C32H49N5O3.C16H14N2O/c1-25-5-6-28(21-29(25)23-37(24-38)30-7-8-31(39)33-32(30)40)27-11-17-35(18-12-27)20-19-34-15-9-26(10-16-34)22-36-13-3-2-4-14-36;1-12-11-17-18-16(12)13-7-9-15(10-8-13)19-14-5-3-2-4-6-14/h5-6,21,24,26-27,30H,2-4,7-20,22-23H2,1H3,(H,33,39,40);2-11H,1H3,(H,17,18). The highest BCUT2D eigenvalue weighted by Gasteiger charge is 2.32. The lowest BCUT2D eigenvalue weighted by Crippen LogP contribution is -2.51. The molecule has 3 amide bonds. The predicted molar refractivity (Wildman–Crippen MR) is 232 cm³/mol. The molecule has 4 aromatic rings. The lowest BCUT2D eigenvalue weighted by atomic mass is 9.87. The number of ether oxygens (including phenoxy) is 1. The second-order valence-corrected chi connectivity index (χ2v) is 17.1. The molecule has 11 nitrogen and oxygen atoms in total. The Morgan fingerprint density at radius 3 is 2.08 bits per heavy atom. The molecule has 0 saturated carbocycles. The summed E-state index contributed by atoms with van der Waals surface area (Å²) in [6.45, 7) is 15.6. The minimum Gasteiger partial charge on any atom is -0.457 e. The van der Waals surface area contributed by atoms with Gasteiger partial charge in [0.2, 0.25) is 18.2 Å². The lowest BCUT2D eigenvalue weighted by Gasteiger charge is -2.38. The largest absolute Gasteiger partial charge is 0.457 e. The van der Waals surface area contributed by atoms with Crippen LogP contribution in [0.3, 0.4) is 0 Å². The Bertz CT molecular complexity index is 1950. The zero-order valence-electron chi connectivity index (χ0n) is 35.1. The third-order valence-electron chi connectivity index (χ3n) is 12.9. The smallest absolute Gasteiger partial charge is 0.249 e. The SMILES string of the molecule is Cc1ccc(C2CCN(CCN3CCC(CN4CCCCC4)CC3)CC2)cc1CN(C=O)C1CCC(=O)NC1=O.Cc1cn[nH]c1-c1ccc(Oc2ccccc2)cc1. The molecule has 2 N–H and O–H groups in total. The third kappa shape index (κ3) is 11.9. The summed E-state index contributed by atoms with van der Waals surface area (Å²) in [4.78, 5) is 45.3. The molecule has 1 unspecified atom stereocenters. The number of imide groups is 1. The number of rotatable bonds is 13. The van der Waals surface area contributed by atoms with E-state index in [4.69, 9.17) is 4.74 Å². The van der Waals surface area contributed by atoms with Crippen LogP contribution >= 0.6 is 0 Å².